The van der Waals surface area contributed by atoms with Crippen LogP contribution in [0.4, 0.5) is 0 Å². The molecule has 1 fully saturated rings. The van der Waals surface area contributed by atoms with Crippen molar-refractivity contribution in [3.8, 4) is 6.07 Å². The van der Waals surface area contributed by atoms with E-state index in [1.54, 1.807) is 24.3 Å². The number of nitriles is 1. The summed E-state index contributed by atoms with van der Waals surface area (Å²) in [6, 6.07) is 8.68. The number of hydrogen-bond donors (Lipinski definition) is 1. The molecule has 22 heavy (non-hydrogen) atoms. The second-order valence-corrected chi connectivity index (χ2v) is 5.57. The Hall–Kier alpha value is -2.35. The van der Waals surface area contributed by atoms with Crippen LogP contribution < -0.4 is 5.32 Å². The maximum Gasteiger partial charge on any atom is 0.303 e. The molecule has 1 atom stereocenters. The van der Waals surface area contributed by atoms with Crippen molar-refractivity contribution in [2.75, 3.05) is 0 Å². The maximum absolute atomic E-state index is 12.4. The minimum atomic E-state index is -0.966. The third kappa shape index (κ3) is 4.32. The molecule has 1 aromatic carbocycles. The fourth-order valence-electron chi connectivity index (χ4n) is 2.70. The van der Waals surface area contributed by atoms with Crippen molar-refractivity contribution in [3.63, 3.8) is 0 Å². The molecule has 0 radical (unpaired) electrons. The van der Waals surface area contributed by atoms with E-state index in [1.807, 2.05) is 6.07 Å². The van der Waals surface area contributed by atoms with Crippen LogP contribution in [0.1, 0.15) is 56.3 Å². The van der Waals surface area contributed by atoms with Gasteiger partial charge in [0.1, 0.15) is 0 Å². The van der Waals surface area contributed by atoms with E-state index in [4.69, 9.17) is 10.00 Å². The van der Waals surface area contributed by atoms with Crippen LogP contribution in [0.25, 0.3) is 0 Å². The van der Waals surface area contributed by atoms with Gasteiger partial charge in [0.15, 0.2) is 0 Å². The molecule has 1 aliphatic rings. The molecule has 1 amide bonds. The second kappa shape index (κ2) is 7.60. The summed E-state index contributed by atoms with van der Waals surface area (Å²) >= 11 is 0. The Bertz CT molecular complexity index is 569. The highest BCUT2D eigenvalue weighted by Gasteiger charge is 2.26. The summed E-state index contributed by atoms with van der Waals surface area (Å²) in [6.07, 6.45) is 4.39. The number of hydrogen-bond acceptors (Lipinski definition) is 4. The predicted octanol–water partition coefficient (Wildman–Crippen LogP) is 2.61. The molecule has 0 spiro atoms. The number of benzene rings is 1. The second-order valence-electron chi connectivity index (χ2n) is 5.57. The lowest BCUT2D eigenvalue weighted by Gasteiger charge is -2.25. The van der Waals surface area contributed by atoms with Crippen LogP contribution in [0.5, 0.6) is 0 Å². The molecular formula is C17H20N2O3. The van der Waals surface area contributed by atoms with Gasteiger partial charge in [-0.25, -0.2) is 0 Å². The van der Waals surface area contributed by atoms with Gasteiger partial charge in [-0.3, -0.25) is 9.59 Å². The van der Waals surface area contributed by atoms with Gasteiger partial charge in [0, 0.05) is 18.5 Å². The number of carbonyl (C=O) groups excluding carboxylic acids is 2. The minimum Gasteiger partial charge on any atom is -0.447 e. The van der Waals surface area contributed by atoms with Crippen LogP contribution in [0.3, 0.4) is 0 Å². The Morgan fingerprint density at radius 3 is 2.41 bits per heavy atom. The molecule has 0 heterocycles. The highest BCUT2D eigenvalue weighted by atomic mass is 16.5. The van der Waals surface area contributed by atoms with Crippen molar-refractivity contribution >= 4 is 11.9 Å². The van der Waals surface area contributed by atoms with E-state index < -0.39 is 12.1 Å². The zero-order valence-electron chi connectivity index (χ0n) is 12.7. The molecule has 1 saturated carbocycles. The van der Waals surface area contributed by atoms with Crippen molar-refractivity contribution in [2.24, 2.45) is 0 Å². The minimum absolute atomic E-state index is 0.151. The number of ether oxygens (including phenoxy) is 1. The molecule has 0 aliphatic heterocycles. The number of nitrogens with one attached hydrogen (secondary N) is 1. The molecule has 0 saturated heterocycles. The van der Waals surface area contributed by atoms with Crippen LogP contribution in [0.2, 0.25) is 0 Å². The Labute approximate surface area is 130 Å². The van der Waals surface area contributed by atoms with Gasteiger partial charge in [-0.05, 0) is 25.0 Å². The Morgan fingerprint density at radius 1 is 1.23 bits per heavy atom. The van der Waals surface area contributed by atoms with E-state index in [-0.39, 0.29) is 11.9 Å². The molecule has 116 valence electrons. The molecule has 0 aromatic heterocycles. The zero-order valence-corrected chi connectivity index (χ0v) is 12.7. The molecule has 2 rings (SSSR count). The largest absolute Gasteiger partial charge is 0.447 e. The standard InChI is InChI=1S/C17H20N2O3/c1-12(20)22-16(14-9-7-13(11-18)8-10-14)17(21)19-15-5-3-2-4-6-15/h7-10,15-16H,2-6H2,1H3,(H,19,21)/t16-/m1/s1. The van der Waals surface area contributed by atoms with Gasteiger partial charge in [0.25, 0.3) is 5.91 Å². The van der Waals surface area contributed by atoms with Gasteiger partial charge < -0.3 is 10.1 Å². The van der Waals surface area contributed by atoms with E-state index in [2.05, 4.69) is 5.32 Å². The number of esters is 1. The number of carbonyl (C=O) groups is 2. The first-order chi connectivity index (χ1) is 10.6. The summed E-state index contributed by atoms with van der Waals surface area (Å²) in [4.78, 5) is 23.7. The Kier molecular flexibility index (Phi) is 5.54. The summed E-state index contributed by atoms with van der Waals surface area (Å²) in [5, 5.41) is 11.8. The van der Waals surface area contributed by atoms with Gasteiger partial charge in [-0.1, -0.05) is 31.4 Å². The number of amides is 1. The fourth-order valence-corrected chi connectivity index (χ4v) is 2.70. The summed E-state index contributed by atoms with van der Waals surface area (Å²) in [5.41, 5.74) is 1.07. The molecule has 1 aromatic rings. The van der Waals surface area contributed by atoms with Crippen LogP contribution in [-0.4, -0.2) is 17.9 Å². The average Bonchev–Trinajstić information content (AvgIpc) is 2.53. The van der Waals surface area contributed by atoms with E-state index >= 15 is 0 Å². The molecule has 0 bridgehead atoms. The predicted molar refractivity (Wildman–Crippen MR) is 80.7 cm³/mol. The third-order valence-corrected chi connectivity index (χ3v) is 3.82. The normalized spacial score (nSPS) is 16.4. The van der Waals surface area contributed by atoms with Gasteiger partial charge in [0.05, 0.1) is 11.6 Å². The van der Waals surface area contributed by atoms with E-state index in [0.717, 1.165) is 25.7 Å². The van der Waals surface area contributed by atoms with Crippen molar-refractivity contribution in [3.05, 3.63) is 35.4 Å². The lowest BCUT2D eigenvalue weighted by atomic mass is 9.95. The molecular weight excluding hydrogens is 280 g/mol. The van der Waals surface area contributed by atoms with Crippen molar-refractivity contribution in [1.29, 1.82) is 5.26 Å². The molecule has 1 N–H and O–H groups in total. The molecule has 5 heteroatoms. The molecule has 0 unspecified atom stereocenters. The topological polar surface area (TPSA) is 79.2 Å². The Balaban J connectivity index is 2.11. The van der Waals surface area contributed by atoms with Crippen LogP contribution >= 0.6 is 0 Å². The first-order valence-electron chi connectivity index (χ1n) is 7.58. The van der Waals surface area contributed by atoms with Crippen molar-refractivity contribution < 1.29 is 14.3 Å². The quantitative estimate of drug-likeness (QED) is 0.867. The highest BCUT2D eigenvalue weighted by molar-refractivity contribution is 5.84. The maximum atomic E-state index is 12.4. The van der Waals surface area contributed by atoms with E-state index in [1.165, 1.54) is 13.3 Å². The fraction of sp³-hybridized carbons (Fsp3) is 0.471. The number of nitrogens with zero attached hydrogens (tertiary/aromatic N) is 1. The van der Waals surface area contributed by atoms with Gasteiger partial charge >= 0.3 is 5.97 Å². The first-order valence-corrected chi connectivity index (χ1v) is 7.58. The van der Waals surface area contributed by atoms with Gasteiger partial charge in [0.2, 0.25) is 6.10 Å². The number of rotatable bonds is 4. The van der Waals surface area contributed by atoms with Crippen molar-refractivity contribution in [1.82, 2.24) is 5.32 Å². The summed E-state index contributed by atoms with van der Waals surface area (Å²) < 4.78 is 5.18. The molecule has 5 nitrogen and oxygen atoms in total. The average molecular weight is 300 g/mol. The first kappa shape index (κ1) is 16.0. The molecule has 1 aliphatic carbocycles. The monoisotopic (exact) mass is 300 g/mol. The summed E-state index contributed by atoms with van der Waals surface area (Å²) in [5.74, 6) is -0.806. The van der Waals surface area contributed by atoms with Gasteiger partial charge in [-0.15, -0.1) is 0 Å². The summed E-state index contributed by atoms with van der Waals surface area (Å²) in [6.45, 7) is 1.28. The highest BCUT2D eigenvalue weighted by Crippen LogP contribution is 2.22. The zero-order chi connectivity index (χ0) is 15.9. The van der Waals surface area contributed by atoms with E-state index in [9.17, 15) is 9.59 Å². The Morgan fingerprint density at radius 2 is 1.86 bits per heavy atom. The lowest BCUT2D eigenvalue weighted by Crippen LogP contribution is -2.40. The smallest absolute Gasteiger partial charge is 0.303 e. The van der Waals surface area contributed by atoms with Crippen molar-refractivity contribution in [2.45, 2.75) is 51.2 Å². The lowest BCUT2D eigenvalue weighted by molar-refractivity contribution is -0.154. The third-order valence-electron chi connectivity index (χ3n) is 3.82. The SMILES string of the molecule is CC(=O)O[C@@H](C(=O)NC1CCCCC1)c1ccc(C#N)cc1. The van der Waals surface area contributed by atoms with Crippen LogP contribution in [0, 0.1) is 11.3 Å². The van der Waals surface area contributed by atoms with E-state index in [0.29, 0.717) is 11.1 Å². The van der Waals surface area contributed by atoms with Crippen LogP contribution in [-0.2, 0) is 14.3 Å². The summed E-state index contributed by atoms with van der Waals surface area (Å²) in [7, 11) is 0. The van der Waals surface area contributed by atoms with Crippen LogP contribution in [0.15, 0.2) is 24.3 Å². The van der Waals surface area contributed by atoms with Gasteiger partial charge in [-0.2, -0.15) is 5.26 Å².